The number of hydrogen-bond acceptors (Lipinski definition) is 3. The van der Waals surface area contributed by atoms with Gasteiger partial charge in [0.05, 0.1) is 12.0 Å². The summed E-state index contributed by atoms with van der Waals surface area (Å²) in [7, 11) is -1.99. The van der Waals surface area contributed by atoms with E-state index in [-0.39, 0.29) is 11.8 Å². The van der Waals surface area contributed by atoms with Crippen molar-refractivity contribution in [1.82, 2.24) is 4.90 Å². The first kappa shape index (κ1) is 15.4. The largest absolute Gasteiger partial charge is 0.391 e. The zero-order chi connectivity index (χ0) is 17.1. The molecule has 0 aromatic heterocycles. The molecule has 1 fully saturated rings. The van der Waals surface area contributed by atoms with Crippen molar-refractivity contribution in [2.45, 2.75) is 31.8 Å². The quantitative estimate of drug-likeness (QED) is 0.783. The highest BCUT2D eigenvalue weighted by molar-refractivity contribution is 6.69. The van der Waals surface area contributed by atoms with E-state index in [4.69, 9.17) is 4.43 Å². The van der Waals surface area contributed by atoms with E-state index in [2.05, 4.69) is 31.8 Å². The molecule has 0 spiro atoms. The maximum absolute atomic E-state index is 13.0. The number of nitrogens with zero attached hydrogens (tertiary/aromatic N) is 2. The van der Waals surface area contributed by atoms with Crippen molar-refractivity contribution in [3.8, 4) is 6.07 Å². The van der Waals surface area contributed by atoms with Crippen LogP contribution < -0.4 is 0 Å². The van der Waals surface area contributed by atoms with Gasteiger partial charge in [-0.15, -0.1) is 0 Å². The number of rotatable bonds is 2. The summed E-state index contributed by atoms with van der Waals surface area (Å²) in [6.45, 7) is 6.90. The van der Waals surface area contributed by atoms with Gasteiger partial charge in [-0.05, 0) is 49.0 Å². The van der Waals surface area contributed by atoms with Crippen LogP contribution >= 0.6 is 0 Å². The molecule has 0 saturated carbocycles. The Labute approximate surface area is 142 Å². The lowest BCUT2D eigenvalue weighted by atomic mass is 9.89. The number of amides is 1. The third-order valence-electron chi connectivity index (χ3n) is 4.88. The molecule has 0 aliphatic carbocycles. The predicted molar refractivity (Wildman–Crippen MR) is 94.8 cm³/mol. The first-order valence-corrected chi connectivity index (χ1v) is 11.7. The van der Waals surface area contributed by atoms with Crippen LogP contribution in [0.1, 0.15) is 22.3 Å². The summed E-state index contributed by atoms with van der Waals surface area (Å²) in [5, 5.41) is 11.9. The molecule has 2 aromatic rings. The molecule has 2 atom stereocenters. The number of nitriles is 1. The van der Waals surface area contributed by atoms with E-state index in [0.29, 0.717) is 18.5 Å². The maximum Gasteiger partial charge on any atom is 0.256 e. The zero-order valence-electron chi connectivity index (χ0n) is 14.2. The topological polar surface area (TPSA) is 53.3 Å². The van der Waals surface area contributed by atoms with Gasteiger partial charge < -0.3 is 9.33 Å². The Balaban J connectivity index is 2.02. The summed E-state index contributed by atoms with van der Waals surface area (Å²) in [6, 6.07) is 14.4. The van der Waals surface area contributed by atoms with Crippen LogP contribution in [0.15, 0.2) is 36.4 Å². The third-order valence-corrected chi connectivity index (χ3v) is 5.80. The molecule has 4 rings (SSSR count). The summed E-state index contributed by atoms with van der Waals surface area (Å²) in [6.07, 6.45) is 0.666. The molecule has 1 saturated heterocycles. The second-order valence-electron chi connectivity index (χ2n) is 7.58. The number of carbonyl (C=O) groups is 1. The van der Waals surface area contributed by atoms with E-state index >= 15 is 0 Å². The molecular formula is C19H20N2O2Si. The minimum Gasteiger partial charge on any atom is -0.391 e. The molecule has 2 heterocycles. The molecule has 24 heavy (non-hydrogen) atoms. The Hall–Kier alpha value is -2.16. The van der Waals surface area contributed by atoms with Crippen molar-refractivity contribution < 1.29 is 9.22 Å². The normalized spacial score (nSPS) is 25.7. The second-order valence-corrected chi connectivity index (χ2v) is 12.0. The second kappa shape index (κ2) is 4.92. The molecule has 5 heteroatoms. The van der Waals surface area contributed by atoms with Crippen molar-refractivity contribution in [2.24, 2.45) is 5.92 Å². The third kappa shape index (κ3) is 1.97. The van der Waals surface area contributed by atoms with Gasteiger partial charge in [-0.25, -0.2) is 0 Å². The molecule has 2 aliphatic rings. The lowest BCUT2D eigenvalue weighted by Gasteiger charge is -2.40. The SMILES string of the molecule is C[Si](C)(C)O[C@]12c3cc4ccccc4cc3C(=O)N1CC[C@H]2C#N. The number of fused-ring (bicyclic) bond motifs is 4. The lowest BCUT2D eigenvalue weighted by molar-refractivity contribution is -0.0596. The molecule has 0 radical (unpaired) electrons. The van der Waals surface area contributed by atoms with Crippen molar-refractivity contribution >= 4 is 25.0 Å². The molecule has 1 amide bonds. The fourth-order valence-electron chi connectivity index (χ4n) is 4.05. The first-order chi connectivity index (χ1) is 11.4. The molecule has 0 N–H and O–H groups in total. The van der Waals surface area contributed by atoms with Gasteiger partial charge in [-0.3, -0.25) is 4.79 Å². The molecule has 0 unspecified atom stereocenters. The number of hydrogen-bond donors (Lipinski definition) is 0. The van der Waals surface area contributed by atoms with Crippen LogP contribution in [0.4, 0.5) is 0 Å². The van der Waals surface area contributed by atoms with Crippen LogP contribution in [0, 0.1) is 17.2 Å². The summed E-state index contributed by atoms with van der Waals surface area (Å²) >= 11 is 0. The van der Waals surface area contributed by atoms with Gasteiger partial charge in [0.1, 0.15) is 0 Å². The van der Waals surface area contributed by atoms with Crippen LogP contribution in [0.3, 0.4) is 0 Å². The van der Waals surface area contributed by atoms with E-state index in [1.807, 2.05) is 30.3 Å². The Morgan fingerprint density at radius 3 is 2.54 bits per heavy atom. The number of benzene rings is 2. The minimum absolute atomic E-state index is 0.00764. The monoisotopic (exact) mass is 336 g/mol. The summed E-state index contributed by atoms with van der Waals surface area (Å²) < 4.78 is 6.58. The average Bonchev–Trinajstić information content (AvgIpc) is 2.99. The van der Waals surface area contributed by atoms with Gasteiger partial charge in [0.15, 0.2) is 14.0 Å². The smallest absolute Gasteiger partial charge is 0.256 e. The molecule has 122 valence electrons. The van der Waals surface area contributed by atoms with Crippen LogP contribution in [-0.2, 0) is 10.2 Å². The minimum atomic E-state index is -1.99. The van der Waals surface area contributed by atoms with E-state index < -0.39 is 14.0 Å². The van der Waals surface area contributed by atoms with Crippen LogP contribution in [0.2, 0.25) is 19.6 Å². The Morgan fingerprint density at radius 1 is 1.25 bits per heavy atom. The Bertz CT molecular complexity index is 896. The zero-order valence-corrected chi connectivity index (χ0v) is 15.2. The van der Waals surface area contributed by atoms with Gasteiger partial charge in [-0.2, -0.15) is 5.26 Å². The van der Waals surface area contributed by atoms with Gasteiger partial charge in [0, 0.05) is 17.7 Å². The molecule has 0 bridgehead atoms. The summed E-state index contributed by atoms with van der Waals surface area (Å²) in [4.78, 5) is 14.8. The first-order valence-electron chi connectivity index (χ1n) is 8.32. The van der Waals surface area contributed by atoms with E-state index in [1.54, 1.807) is 4.90 Å². The Kier molecular flexibility index (Phi) is 3.15. The van der Waals surface area contributed by atoms with Crippen molar-refractivity contribution in [1.29, 1.82) is 5.26 Å². The van der Waals surface area contributed by atoms with Crippen molar-refractivity contribution in [2.75, 3.05) is 6.54 Å². The predicted octanol–water partition coefficient (Wildman–Crippen LogP) is 3.84. The molecular weight excluding hydrogens is 316 g/mol. The van der Waals surface area contributed by atoms with E-state index in [1.165, 1.54) is 0 Å². The van der Waals surface area contributed by atoms with Gasteiger partial charge >= 0.3 is 0 Å². The van der Waals surface area contributed by atoms with E-state index in [9.17, 15) is 10.1 Å². The average molecular weight is 336 g/mol. The van der Waals surface area contributed by atoms with Crippen LogP contribution in [-0.4, -0.2) is 25.7 Å². The molecule has 2 aliphatic heterocycles. The Morgan fingerprint density at radius 2 is 1.92 bits per heavy atom. The summed E-state index contributed by atoms with van der Waals surface area (Å²) in [5.41, 5.74) is 0.653. The van der Waals surface area contributed by atoms with Crippen molar-refractivity contribution in [3.63, 3.8) is 0 Å². The van der Waals surface area contributed by atoms with Crippen LogP contribution in [0.5, 0.6) is 0 Å². The van der Waals surface area contributed by atoms with Crippen molar-refractivity contribution in [3.05, 3.63) is 47.5 Å². The highest BCUT2D eigenvalue weighted by Crippen LogP contribution is 2.52. The maximum atomic E-state index is 13.0. The fourth-order valence-corrected chi connectivity index (χ4v) is 5.35. The highest BCUT2D eigenvalue weighted by atomic mass is 28.4. The lowest BCUT2D eigenvalue weighted by Crippen LogP contribution is -2.50. The van der Waals surface area contributed by atoms with E-state index in [0.717, 1.165) is 16.3 Å². The highest BCUT2D eigenvalue weighted by Gasteiger charge is 2.60. The molecule has 4 nitrogen and oxygen atoms in total. The standard InChI is InChI=1S/C19H20N2O2Si/c1-24(2,3)23-19-15(12-20)8-9-21(19)18(22)16-10-13-6-4-5-7-14(13)11-17(16)19/h4-7,10-11,15H,8-9H2,1-3H3/t15-,19+/m0/s1. The number of carbonyl (C=O) groups excluding carboxylic acids is 1. The van der Waals surface area contributed by atoms with Gasteiger partial charge in [0.2, 0.25) is 0 Å². The fraction of sp³-hybridized carbons (Fsp3) is 0.368. The van der Waals surface area contributed by atoms with Crippen LogP contribution in [0.25, 0.3) is 10.8 Å². The van der Waals surface area contributed by atoms with Gasteiger partial charge in [-0.1, -0.05) is 24.3 Å². The summed E-state index contributed by atoms with van der Waals surface area (Å²) in [5.74, 6) is -0.331. The van der Waals surface area contributed by atoms with Gasteiger partial charge in [0.25, 0.3) is 5.91 Å². The molecule has 2 aromatic carbocycles.